The van der Waals surface area contributed by atoms with E-state index in [1.807, 2.05) is 48.5 Å². The molecule has 0 saturated heterocycles. The summed E-state index contributed by atoms with van der Waals surface area (Å²) in [4.78, 5) is 25.4. The molecule has 0 bridgehead atoms. The minimum atomic E-state index is -0.0418. The van der Waals surface area contributed by atoms with Crippen LogP contribution in [0.4, 0.5) is 0 Å². The van der Waals surface area contributed by atoms with Crippen LogP contribution in [-0.4, -0.2) is 11.8 Å². The van der Waals surface area contributed by atoms with Gasteiger partial charge in [0.1, 0.15) is 0 Å². The van der Waals surface area contributed by atoms with E-state index in [4.69, 9.17) is 0 Å². The highest BCUT2D eigenvalue weighted by Gasteiger charge is 2.12. The van der Waals surface area contributed by atoms with E-state index in [0.29, 0.717) is 32.4 Å². The van der Waals surface area contributed by atoms with Gasteiger partial charge < -0.3 is 10.6 Å². The molecule has 0 heterocycles. The van der Waals surface area contributed by atoms with Crippen LogP contribution in [0.2, 0.25) is 0 Å². The van der Waals surface area contributed by atoms with Gasteiger partial charge in [-0.3, -0.25) is 9.59 Å². The van der Waals surface area contributed by atoms with E-state index in [-0.39, 0.29) is 11.8 Å². The van der Waals surface area contributed by atoms with Gasteiger partial charge in [0.25, 0.3) is 0 Å². The predicted molar refractivity (Wildman–Crippen MR) is 160 cm³/mol. The van der Waals surface area contributed by atoms with Crippen molar-refractivity contribution in [3.05, 3.63) is 120 Å². The number of fused-ring (bicyclic) bond motifs is 4. The van der Waals surface area contributed by atoms with E-state index in [2.05, 4.69) is 71.3 Å². The summed E-state index contributed by atoms with van der Waals surface area (Å²) in [6.07, 6.45) is 1.13. The van der Waals surface area contributed by atoms with Crippen LogP contribution in [0.15, 0.2) is 109 Å². The number of hydrogen-bond donors (Lipinski definition) is 2. The second-order valence-corrected chi connectivity index (χ2v) is 10.0. The van der Waals surface area contributed by atoms with Crippen LogP contribution in [0.1, 0.15) is 30.4 Å². The van der Waals surface area contributed by atoms with Crippen LogP contribution in [0.3, 0.4) is 0 Å². The summed E-state index contributed by atoms with van der Waals surface area (Å²) in [5.41, 5.74) is 2.24. The lowest BCUT2D eigenvalue weighted by molar-refractivity contribution is -0.122. The Bertz CT molecular complexity index is 1600. The molecule has 4 nitrogen and oxygen atoms in total. The van der Waals surface area contributed by atoms with Gasteiger partial charge >= 0.3 is 0 Å². The largest absolute Gasteiger partial charge is 0.352 e. The zero-order valence-corrected chi connectivity index (χ0v) is 21.7. The third-order valence-electron chi connectivity index (χ3n) is 7.50. The van der Waals surface area contributed by atoms with Crippen molar-refractivity contribution in [2.24, 2.45) is 0 Å². The lowest BCUT2D eigenvalue weighted by Gasteiger charge is -2.13. The molecule has 0 spiro atoms. The van der Waals surface area contributed by atoms with Gasteiger partial charge in [-0.05, 0) is 72.8 Å². The number of hydrogen-bond acceptors (Lipinski definition) is 2. The molecule has 0 aliphatic heterocycles. The number of benzene rings is 6. The van der Waals surface area contributed by atoms with Gasteiger partial charge in [0.2, 0.25) is 11.8 Å². The van der Waals surface area contributed by atoms with Gasteiger partial charge in [-0.25, -0.2) is 0 Å². The average Bonchev–Trinajstić information content (AvgIpc) is 2.97. The van der Waals surface area contributed by atoms with E-state index in [1.165, 1.54) is 0 Å². The number of carbonyl (C=O) groups excluding carboxylic acids is 2. The first-order valence-electron chi connectivity index (χ1n) is 13.5. The van der Waals surface area contributed by atoms with Crippen molar-refractivity contribution < 1.29 is 9.59 Å². The molecule has 0 saturated carbocycles. The highest BCUT2D eigenvalue weighted by atomic mass is 16.2. The number of nitrogens with one attached hydrogen (secondary N) is 2. The van der Waals surface area contributed by atoms with E-state index in [1.54, 1.807) is 0 Å². The molecule has 0 aromatic heterocycles. The highest BCUT2D eigenvalue weighted by molar-refractivity contribution is 6.03. The van der Waals surface area contributed by atoms with Crippen LogP contribution in [0, 0.1) is 0 Å². The van der Waals surface area contributed by atoms with Gasteiger partial charge in [-0.1, -0.05) is 97.1 Å². The minimum Gasteiger partial charge on any atom is -0.352 e. The maximum atomic E-state index is 12.7. The Morgan fingerprint density at radius 3 is 1.10 bits per heavy atom. The molecule has 6 rings (SSSR count). The Labute approximate surface area is 227 Å². The lowest BCUT2D eigenvalue weighted by atomic mass is 9.96. The SMILES string of the molecule is O=C(CCCC(=O)NCc1c2ccccc2cc2ccccc12)NCc1c2ccccc2cc2ccccc12. The fourth-order valence-corrected chi connectivity index (χ4v) is 5.56. The molecule has 2 amide bonds. The molecule has 39 heavy (non-hydrogen) atoms. The first-order valence-corrected chi connectivity index (χ1v) is 13.5. The molecule has 6 aromatic carbocycles. The summed E-state index contributed by atoms with van der Waals surface area (Å²) in [6.45, 7) is 0.919. The summed E-state index contributed by atoms with van der Waals surface area (Å²) >= 11 is 0. The van der Waals surface area contributed by atoms with E-state index >= 15 is 0 Å². The van der Waals surface area contributed by atoms with E-state index in [0.717, 1.165) is 54.2 Å². The summed E-state index contributed by atoms with van der Waals surface area (Å²) in [5, 5.41) is 15.4. The summed E-state index contributed by atoms with van der Waals surface area (Å²) < 4.78 is 0. The summed E-state index contributed by atoms with van der Waals surface area (Å²) in [6, 6.07) is 37.5. The van der Waals surface area contributed by atoms with Crippen LogP contribution in [-0.2, 0) is 22.7 Å². The second kappa shape index (κ2) is 11.0. The quantitative estimate of drug-likeness (QED) is 0.210. The molecular weight excluding hydrogens is 480 g/mol. The number of carbonyl (C=O) groups is 2. The molecule has 0 atom stereocenters. The Kier molecular flexibility index (Phi) is 6.92. The summed E-state index contributed by atoms with van der Waals surface area (Å²) in [7, 11) is 0. The highest BCUT2D eigenvalue weighted by Crippen LogP contribution is 2.29. The van der Waals surface area contributed by atoms with Crippen LogP contribution < -0.4 is 10.6 Å². The molecular formula is C35H30N2O2. The first-order chi connectivity index (χ1) is 19.2. The maximum Gasteiger partial charge on any atom is 0.220 e. The van der Waals surface area contributed by atoms with Gasteiger partial charge in [-0.15, -0.1) is 0 Å². The minimum absolute atomic E-state index is 0.0418. The van der Waals surface area contributed by atoms with Crippen molar-refractivity contribution in [3.8, 4) is 0 Å². The fourth-order valence-electron chi connectivity index (χ4n) is 5.56. The lowest BCUT2D eigenvalue weighted by Crippen LogP contribution is -2.25. The molecule has 2 N–H and O–H groups in total. The predicted octanol–water partition coefficient (Wildman–Crippen LogP) is 7.40. The normalized spacial score (nSPS) is 11.3. The average molecular weight is 511 g/mol. The standard InChI is InChI=1S/C35H30N2O2/c38-34(36-22-32-28-14-5-1-10-24(28)20-25-11-2-6-15-29(25)32)18-9-19-35(39)37-23-33-30-16-7-3-12-26(30)21-27-13-4-8-17-31(27)33/h1-8,10-17,20-21H,9,18-19,22-23H2,(H,36,38)(H,37,39). The smallest absolute Gasteiger partial charge is 0.220 e. The molecule has 0 aliphatic carbocycles. The van der Waals surface area contributed by atoms with Crippen LogP contribution in [0.5, 0.6) is 0 Å². The Morgan fingerprint density at radius 2 is 0.769 bits per heavy atom. The third kappa shape index (κ3) is 5.19. The van der Waals surface area contributed by atoms with Gasteiger partial charge in [-0.2, -0.15) is 0 Å². The first kappa shape index (κ1) is 24.6. The second-order valence-electron chi connectivity index (χ2n) is 10.0. The monoisotopic (exact) mass is 510 g/mol. The van der Waals surface area contributed by atoms with Gasteiger partial charge in [0, 0.05) is 25.9 Å². The maximum absolute atomic E-state index is 12.7. The van der Waals surface area contributed by atoms with Crippen molar-refractivity contribution in [2.75, 3.05) is 0 Å². The van der Waals surface area contributed by atoms with E-state index < -0.39 is 0 Å². The van der Waals surface area contributed by atoms with Crippen molar-refractivity contribution in [1.29, 1.82) is 0 Å². The van der Waals surface area contributed by atoms with Crippen LogP contribution in [0.25, 0.3) is 43.1 Å². The number of rotatable bonds is 8. The Balaban J connectivity index is 1.06. The van der Waals surface area contributed by atoms with Gasteiger partial charge in [0.15, 0.2) is 0 Å². The molecule has 6 aromatic rings. The fraction of sp³-hybridized carbons (Fsp3) is 0.143. The molecule has 0 fully saturated rings. The van der Waals surface area contributed by atoms with Crippen molar-refractivity contribution in [3.63, 3.8) is 0 Å². The zero-order chi connectivity index (χ0) is 26.6. The van der Waals surface area contributed by atoms with Crippen molar-refractivity contribution in [2.45, 2.75) is 32.4 Å². The molecule has 0 unspecified atom stereocenters. The molecule has 0 aliphatic rings. The van der Waals surface area contributed by atoms with Gasteiger partial charge in [0.05, 0.1) is 0 Å². The molecule has 192 valence electrons. The van der Waals surface area contributed by atoms with Crippen molar-refractivity contribution >= 4 is 54.9 Å². The molecule has 0 radical (unpaired) electrons. The molecule has 4 heteroatoms. The van der Waals surface area contributed by atoms with Crippen molar-refractivity contribution in [1.82, 2.24) is 10.6 Å². The topological polar surface area (TPSA) is 58.2 Å². The van der Waals surface area contributed by atoms with E-state index in [9.17, 15) is 9.59 Å². The summed E-state index contributed by atoms with van der Waals surface area (Å²) in [5.74, 6) is -0.0836. The Morgan fingerprint density at radius 1 is 0.462 bits per heavy atom. The van der Waals surface area contributed by atoms with Crippen LogP contribution >= 0.6 is 0 Å². The zero-order valence-electron chi connectivity index (χ0n) is 21.7. The Hall–Kier alpha value is -4.70. The number of amides is 2. The third-order valence-corrected chi connectivity index (χ3v) is 7.50.